The highest BCUT2D eigenvalue weighted by molar-refractivity contribution is 9.10. The van der Waals surface area contributed by atoms with Gasteiger partial charge in [-0.1, -0.05) is 18.2 Å². The van der Waals surface area contributed by atoms with Gasteiger partial charge in [0.2, 0.25) is 5.91 Å². The molecule has 9 heteroatoms. The van der Waals surface area contributed by atoms with Crippen LogP contribution >= 0.6 is 15.9 Å². The molecule has 0 fully saturated rings. The molecule has 3 aromatic rings. The van der Waals surface area contributed by atoms with Gasteiger partial charge in [0, 0.05) is 37.6 Å². The van der Waals surface area contributed by atoms with Crippen LogP contribution in [0.15, 0.2) is 53.4 Å². The minimum atomic E-state index is -0.375. The van der Waals surface area contributed by atoms with E-state index >= 15 is 0 Å². The van der Waals surface area contributed by atoms with Crippen LogP contribution in [0, 0.1) is 0 Å². The summed E-state index contributed by atoms with van der Waals surface area (Å²) in [7, 11) is 0. The van der Waals surface area contributed by atoms with Crippen LogP contribution in [0.3, 0.4) is 0 Å². The number of para-hydroxylation sites is 1. The number of rotatable bonds is 7. The number of anilines is 2. The third kappa shape index (κ3) is 5.04. The van der Waals surface area contributed by atoms with Crippen LogP contribution in [0.25, 0.3) is 0 Å². The van der Waals surface area contributed by atoms with Gasteiger partial charge in [-0.25, -0.2) is 0 Å². The maximum Gasteiger partial charge on any atom is 0.278 e. The molecule has 0 aliphatic carbocycles. The van der Waals surface area contributed by atoms with Crippen LogP contribution < -0.4 is 10.6 Å². The van der Waals surface area contributed by atoms with Crippen molar-refractivity contribution >= 4 is 39.1 Å². The molecule has 27 heavy (non-hydrogen) atoms. The number of hydrogen-bond acceptors (Lipinski definition) is 4. The highest BCUT2D eigenvalue weighted by Gasteiger charge is 2.18. The summed E-state index contributed by atoms with van der Waals surface area (Å²) in [4.78, 5) is 24.9. The van der Waals surface area contributed by atoms with Crippen LogP contribution in [-0.4, -0.2) is 31.4 Å². The number of nitrogens with one attached hydrogen (secondary N) is 2. The maximum absolute atomic E-state index is 12.6. The van der Waals surface area contributed by atoms with Crippen molar-refractivity contribution in [3.63, 3.8) is 0 Å². The van der Waals surface area contributed by atoms with Crippen molar-refractivity contribution in [3.8, 4) is 0 Å². The molecule has 8 nitrogen and oxygen atoms in total. The number of benzene rings is 1. The fraction of sp³-hybridized carbons (Fsp3) is 0.222. The zero-order valence-electron chi connectivity index (χ0n) is 14.7. The molecule has 2 aromatic heterocycles. The zero-order chi connectivity index (χ0) is 19.2. The van der Waals surface area contributed by atoms with Gasteiger partial charge in [-0.15, -0.1) is 0 Å². The molecule has 0 radical (unpaired) electrons. The molecule has 1 aromatic carbocycles. The lowest BCUT2D eigenvalue weighted by molar-refractivity contribution is -0.116. The molecule has 0 aliphatic heterocycles. The summed E-state index contributed by atoms with van der Waals surface area (Å²) >= 11 is 3.32. The Kier molecular flexibility index (Phi) is 6.02. The number of aryl methyl sites for hydroxylation is 2. The fourth-order valence-corrected chi connectivity index (χ4v) is 2.77. The van der Waals surface area contributed by atoms with Gasteiger partial charge in [0.15, 0.2) is 5.69 Å². The highest BCUT2D eigenvalue weighted by atomic mass is 79.9. The summed E-state index contributed by atoms with van der Waals surface area (Å²) in [6.45, 7) is 2.93. The zero-order valence-corrected chi connectivity index (χ0v) is 16.3. The molecule has 0 atom stereocenters. The summed E-state index contributed by atoms with van der Waals surface area (Å²) in [5.74, 6) is -0.592. The van der Waals surface area contributed by atoms with Gasteiger partial charge >= 0.3 is 0 Å². The fourth-order valence-electron chi connectivity index (χ4n) is 2.44. The van der Waals surface area contributed by atoms with E-state index in [4.69, 9.17) is 0 Å². The molecule has 0 bridgehead atoms. The number of carbonyl (C=O) groups is 2. The van der Waals surface area contributed by atoms with E-state index < -0.39 is 0 Å². The average molecular weight is 431 g/mol. The van der Waals surface area contributed by atoms with Crippen molar-refractivity contribution in [2.45, 2.75) is 26.4 Å². The number of halogens is 1. The lowest BCUT2D eigenvalue weighted by Crippen LogP contribution is -2.19. The summed E-state index contributed by atoms with van der Waals surface area (Å²) < 4.78 is 4.13. The van der Waals surface area contributed by atoms with E-state index in [0.29, 0.717) is 24.5 Å². The molecular weight excluding hydrogens is 412 g/mol. The minimum Gasteiger partial charge on any atom is -0.323 e. The second kappa shape index (κ2) is 8.63. The normalized spacial score (nSPS) is 10.6. The van der Waals surface area contributed by atoms with Crippen LogP contribution in [0.2, 0.25) is 0 Å². The number of aromatic nitrogens is 4. The minimum absolute atomic E-state index is 0.177. The Bertz CT molecular complexity index is 934. The van der Waals surface area contributed by atoms with Crippen molar-refractivity contribution in [3.05, 3.63) is 59.1 Å². The Morgan fingerprint density at radius 3 is 2.56 bits per heavy atom. The smallest absolute Gasteiger partial charge is 0.278 e. The Morgan fingerprint density at radius 1 is 1.11 bits per heavy atom. The first kappa shape index (κ1) is 18.8. The third-order valence-corrected chi connectivity index (χ3v) is 4.19. The van der Waals surface area contributed by atoms with E-state index in [1.165, 1.54) is 0 Å². The summed E-state index contributed by atoms with van der Waals surface area (Å²) in [5, 5.41) is 13.9. The molecule has 2 heterocycles. The van der Waals surface area contributed by atoms with E-state index in [1.54, 1.807) is 40.1 Å². The van der Waals surface area contributed by atoms with Crippen molar-refractivity contribution in [2.75, 3.05) is 10.6 Å². The highest BCUT2D eigenvalue weighted by Crippen LogP contribution is 2.17. The average Bonchev–Trinajstić information content (AvgIpc) is 3.27. The molecule has 0 aliphatic rings. The SMILES string of the molecule is CCn1cc(NC(=O)CCn2cc(Br)cn2)c(C(=O)Nc2ccccc2)n1. The third-order valence-electron chi connectivity index (χ3n) is 3.78. The second-order valence-corrected chi connectivity index (χ2v) is 6.70. The number of hydrogen-bond donors (Lipinski definition) is 2. The van der Waals surface area contributed by atoms with Crippen molar-refractivity contribution in [1.29, 1.82) is 0 Å². The van der Waals surface area contributed by atoms with Gasteiger partial charge in [-0.2, -0.15) is 10.2 Å². The second-order valence-electron chi connectivity index (χ2n) is 5.79. The first-order valence-electron chi connectivity index (χ1n) is 8.47. The molecule has 0 saturated carbocycles. The molecule has 2 amide bonds. The van der Waals surface area contributed by atoms with Gasteiger partial charge in [0.05, 0.1) is 16.4 Å². The number of nitrogens with zero attached hydrogens (tertiary/aromatic N) is 4. The van der Waals surface area contributed by atoms with Crippen molar-refractivity contribution in [1.82, 2.24) is 19.6 Å². The van der Waals surface area contributed by atoms with Crippen molar-refractivity contribution < 1.29 is 9.59 Å². The largest absolute Gasteiger partial charge is 0.323 e. The predicted octanol–water partition coefficient (Wildman–Crippen LogP) is 3.14. The van der Waals surface area contributed by atoms with Gasteiger partial charge in [-0.05, 0) is 35.0 Å². The summed E-state index contributed by atoms with van der Waals surface area (Å²) in [5.41, 5.74) is 1.22. The standard InChI is InChI=1S/C18H19BrN6O2/c1-2-24-12-15(22-16(26)8-9-25-11-13(19)10-20-25)17(23-24)18(27)21-14-6-4-3-5-7-14/h3-7,10-12H,2,8-9H2,1H3,(H,21,27)(H,22,26). The molecule has 0 spiro atoms. The van der Waals surface area contributed by atoms with E-state index in [0.717, 1.165) is 4.47 Å². The quantitative estimate of drug-likeness (QED) is 0.601. The Hall–Kier alpha value is -2.94. The lowest BCUT2D eigenvalue weighted by Gasteiger charge is -2.07. The lowest BCUT2D eigenvalue weighted by atomic mass is 10.3. The molecule has 0 unspecified atom stereocenters. The van der Waals surface area contributed by atoms with Gasteiger partial charge < -0.3 is 10.6 Å². The Labute approximate surface area is 164 Å². The molecule has 0 saturated heterocycles. The van der Waals surface area contributed by atoms with Crippen molar-refractivity contribution in [2.24, 2.45) is 0 Å². The first-order chi connectivity index (χ1) is 13.0. The summed E-state index contributed by atoms with van der Waals surface area (Å²) in [6.07, 6.45) is 5.34. The van der Waals surface area contributed by atoms with Gasteiger partial charge in [-0.3, -0.25) is 19.0 Å². The molecule has 2 N–H and O–H groups in total. The Balaban J connectivity index is 1.68. The van der Waals surface area contributed by atoms with Gasteiger partial charge in [0.25, 0.3) is 5.91 Å². The van der Waals surface area contributed by atoms with Crippen LogP contribution in [-0.2, 0) is 17.9 Å². The molecule has 3 rings (SSSR count). The number of carbonyl (C=O) groups excluding carboxylic acids is 2. The first-order valence-corrected chi connectivity index (χ1v) is 9.26. The van der Waals surface area contributed by atoms with E-state index in [9.17, 15) is 9.59 Å². The molecule has 140 valence electrons. The molecular formula is C18H19BrN6O2. The van der Waals surface area contributed by atoms with E-state index in [2.05, 4.69) is 36.8 Å². The predicted molar refractivity (Wildman–Crippen MR) is 105 cm³/mol. The maximum atomic E-state index is 12.6. The monoisotopic (exact) mass is 430 g/mol. The van der Waals surface area contributed by atoms with E-state index in [1.807, 2.05) is 25.1 Å². The van der Waals surface area contributed by atoms with Gasteiger partial charge in [0.1, 0.15) is 0 Å². The van der Waals surface area contributed by atoms with Crippen LogP contribution in [0.4, 0.5) is 11.4 Å². The van der Waals surface area contributed by atoms with E-state index in [-0.39, 0.29) is 23.9 Å². The van der Waals surface area contributed by atoms with Crippen LogP contribution in [0.1, 0.15) is 23.8 Å². The number of amides is 2. The Morgan fingerprint density at radius 2 is 1.89 bits per heavy atom. The topological polar surface area (TPSA) is 93.8 Å². The summed E-state index contributed by atoms with van der Waals surface area (Å²) in [6, 6.07) is 9.10. The van der Waals surface area contributed by atoms with Crippen LogP contribution in [0.5, 0.6) is 0 Å².